The highest BCUT2D eigenvalue weighted by Gasteiger charge is 2.10. The second-order valence-corrected chi connectivity index (χ2v) is 3.82. The van der Waals surface area contributed by atoms with Crippen LogP contribution in [0.4, 0.5) is 0 Å². The van der Waals surface area contributed by atoms with E-state index in [0.717, 1.165) is 6.54 Å². The molecule has 1 aromatic carbocycles. The van der Waals surface area contributed by atoms with Crippen molar-refractivity contribution < 1.29 is 9.47 Å². The summed E-state index contributed by atoms with van der Waals surface area (Å²) in [6.45, 7) is 4.16. The highest BCUT2D eigenvalue weighted by Crippen LogP contribution is 2.17. The molecule has 0 aliphatic rings. The van der Waals surface area contributed by atoms with Crippen LogP contribution in [0, 0.1) is 6.92 Å². The van der Waals surface area contributed by atoms with Gasteiger partial charge in [-0.3, -0.25) is 0 Å². The number of likely N-dealkylation sites (N-methyl/N-ethyl adjacent to an activating group) is 1. The van der Waals surface area contributed by atoms with Crippen molar-refractivity contribution in [2.24, 2.45) is 0 Å². The maximum absolute atomic E-state index is 5.78. The molecule has 1 atom stereocenters. The number of hydrogen-bond acceptors (Lipinski definition) is 3. The van der Waals surface area contributed by atoms with Crippen LogP contribution in [0.2, 0.25) is 0 Å². The lowest BCUT2D eigenvalue weighted by Crippen LogP contribution is -2.21. The van der Waals surface area contributed by atoms with Gasteiger partial charge < -0.3 is 14.8 Å². The Morgan fingerprint density at radius 2 is 2.12 bits per heavy atom. The molecule has 0 amide bonds. The van der Waals surface area contributed by atoms with Crippen molar-refractivity contribution in [2.75, 3.05) is 33.9 Å². The van der Waals surface area contributed by atoms with Gasteiger partial charge in [-0.1, -0.05) is 29.8 Å². The van der Waals surface area contributed by atoms with Gasteiger partial charge >= 0.3 is 0 Å². The van der Waals surface area contributed by atoms with E-state index in [1.165, 1.54) is 11.1 Å². The molecule has 0 fully saturated rings. The molecule has 0 aliphatic heterocycles. The van der Waals surface area contributed by atoms with Crippen LogP contribution in [0.5, 0.6) is 0 Å². The number of benzene rings is 1. The first-order valence-corrected chi connectivity index (χ1v) is 5.59. The van der Waals surface area contributed by atoms with Gasteiger partial charge in [-0.25, -0.2) is 0 Å². The van der Waals surface area contributed by atoms with Crippen molar-refractivity contribution in [3.63, 3.8) is 0 Å². The Labute approximate surface area is 97.8 Å². The normalized spacial score (nSPS) is 12.7. The lowest BCUT2D eigenvalue weighted by Gasteiger charge is -2.18. The molecular weight excluding hydrogens is 202 g/mol. The van der Waals surface area contributed by atoms with Crippen LogP contribution in [-0.2, 0) is 9.47 Å². The Morgan fingerprint density at radius 1 is 1.31 bits per heavy atom. The monoisotopic (exact) mass is 223 g/mol. The molecule has 0 heterocycles. The maximum Gasteiger partial charge on any atom is 0.0950 e. The van der Waals surface area contributed by atoms with Crippen molar-refractivity contribution >= 4 is 0 Å². The third-order valence-corrected chi connectivity index (χ3v) is 2.41. The minimum Gasteiger partial charge on any atom is -0.382 e. The molecule has 3 heteroatoms. The molecule has 90 valence electrons. The standard InChI is InChI=1S/C13H21NO2/c1-11-5-4-6-12(9-11)13(10-14-2)16-8-7-15-3/h4-6,9,13-14H,7-8,10H2,1-3H3. The van der Waals surface area contributed by atoms with Gasteiger partial charge in [0.2, 0.25) is 0 Å². The van der Waals surface area contributed by atoms with E-state index in [-0.39, 0.29) is 6.10 Å². The number of nitrogens with one attached hydrogen (secondary N) is 1. The Kier molecular flexibility index (Phi) is 6.08. The second-order valence-electron chi connectivity index (χ2n) is 3.82. The fourth-order valence-electron chi connectivity index (χ4n) is 1.60. The predicted molar refractivity (Wildman–Crippen MR) is 65.7 cm³/mol. The van der Waals surface area contributed by atoms with Crippen molar-refractivity contribution in [3.05, 3.63) is 35.4 Å². The molecule has 3 nitrogen and oxygen atoms in total. The van der Waals surface area contributed by atoms with Gasteiger partial charge in [0.05, 0.1) is 19.3 Å². The second kappa shape index (κ2) is 7.39. The maximum atomic E-state index is 5.78. The summed E-state index contributed by atoms with van der Waals surface area (Å²) in [4.78, 5) is 0. The Morgan fingerprint density at radius 3 is 2.75 bits per heavy atom. The van der Waals surface area contributed by atoms with Crippen LogP contribution in [0.1, 0.15) is 17.2 Å². The molecule has 1 rings (SSSR count). The minimum atomic E-state index is 0.0973. The number of rotatable bonds is 7. The van der Waals surface area contributed by atoms with Gasteiger partial charge in [-0.2, -0.15) is 0 Å². The number of aryl methyl sites for hydroxylation is 1. The van der Waals surface area contributed by atoms with E-state index >= 15 is 0 Å². The van der Waals surface area contributed by atoms with Crippen LogP contribution in [-0.4, -0.2) is 33.9 Å². The van der Waals surface area contributed by atoms with Gasteiger partial charge in [0.1, 0.15) is 0 Å². The van der Waals surface area contributed by atoms with E-state index in [9.17, 15) is 0 Å². The van der Waals surface area contributed by atoms with Crippen molar-refractivity contribution in [1.82, 2.24) is 5.32 Å². The quantitative estimate of drug-likeness (QED) is 0.716. The van der Waals surface area contributed by atoms with Gasteiger partial charge in [-0.15, -0.1) is 0 Å². The van der Waals surface area contributed by atoms with Gasteiger partial charge in [-0.05, 0) is 19.5 Å². The molecule has 16 heavy (non-hydrogen) atoms. The van der Waals surface area contributed by atoms with Gasteiger partial charge in [0, 0.05) is 13.7 Å². The van der Waals surface area contributed by atoms with E-state index in [1.807, 2.05) is 7.05 Å². The van der Waals surface area contributed by atoms with Crippen LogP contribution in [0.3, 0.4) is 0 Å². The lowest BCUT2D eigenvalue weighted by atomic mass is 10.1. The average molecular weight is 223 g/mol. The summed E-state index contributed by atoms with van der Waals surface area (Å²) in [5.41, 5.74) is 2.47. The fraction of sp³-hybridized carbons (Fsp3) is 0.538. The first kappa shape index (κ1) is 13.2. The van der Waals surface area contributed by atoms with Gasteiger partial charge in [0.25, 0.3) is 0 Å². The zero-order valence-corrected chi connectivity index (χ0v) is 10.3. The van der Waals surface area contributed by atoms with Crippen LogP contribution < -0.4 is 5.32 Å². The Hall–Kier alpha value is -0.900. The number of hydrogen-bond donors (Lipinski definition) is 1. The van der Waals surface area contributed by atoms with Crippen LogP contribution in [0.25, 0.3) is 0 Å². The van der Waals surface area contributed by atoms with E-state index in [0.29, 0.717) is 13.2 Å². The first-order valence-electron chi connectivity index (χ1n) is 5.59. The van der Waals surface area contributed by atoms with Crippen LogP contribution in [0.15, 0.2) is 24.3 Å². The number of methoxy groups -OCH3 is 1. The summed E-state index contributed by atoms with van der Waals surface area (Å²) in [5.74, 6) is 0. The molecule has 0 bridgehead atoms. The van der Waals surface area contributed by atoms with E-state index < -0.39 is 0 Å². The molecular formula is C13H21NO2. The van der Waals surface area contributed by atoms with Crippen molar-refractivity contribution in [1.29, 1.82) is 0 Å². The summed E-state index contributed by atoms with van der Waals surface area (Å²) >= 11 is 0. The summed E-state index contributed by atoms with van der Waals surface area (Å²) in [6.07, 6.45) is 0.0973. The molecule has 1 aromatic rings. The third kappa shape index (κ3) is 4.31. The third-order valence-electron chi connectivity index (χ3n) is 2.41. The topological polar surface area (TPSA) is 30.5 Å². The fourth-order valence-corrected chi connectivity index (χ4v) is 1.60. The van der Waals surface area contributed by atoms with Crippen LogP contribution >= 0.6 is 0 Å². The zero-order chi connectivity index (χ0) is 11.8. The molecule has 0 aliphatic carbocycles. The zero-order valence-electron chi connectivity index (χ0n) is 10.3. The SMILES string of the molecule is CNCC(OCCOC)c1cccc(C)c1. The molecule has 0 aromatic heterocycles. The molecule has 0 saturated carbocycles. The highest BCUT2D eigenvalue weighted by atomic mass is 16.5. The summed E-state index contributed by atoms with van der Waals surface area (Å²) in [6, 6.07) is 8.42. The average Bonchev–Trinajstić information content (AvgIpc) is 2.28. The largest absolute Gasteiger partial charge is 0.382 e. The summed E-state index contributed by atoms with van der Waals surface area (Å²) in [5, 5.41) is 3.15. The van der Waals surface area contributed by atoms with Crippen molar-refractivity contribution in [3.8, 4) is 0 Å². The first-order chi connectivity index (χ1) is 7.77. The summed E-state index contributed by atoms with van der Waals surface area (Å²) < 4.78 is 10.8. The molecule has 0 radical (unpaired) electrons. The lowest BCUT2D eigenvalue weighted by molar-refractivity contribution is 0.0175. The predicted octanol–water partition coefficient (Wildman–Crippen LogP) is 1.92. The number of ether oxygens (including phenoxy) is 2. The molecule has 0 spiro atoms. The Bertz CT molecular complexity index is 302. The smallest absolute Gasteiger partial charge is 0.0950 e. The van der Waals surface area contributed by atoms with E-state index in [1.54, 1.807) is 7.11 Å². The van der Waals surface area contributed by atoms with E-state index in [4.69, 9.17) is 9.47 Å². The Balaban J connectivity index is 2.61. The molecule has 1 unspecified atom stereocenters. The van der Waals surface area contributed by atoms with Gasteiger partial charge in [0.15, 0.2) is 0 Å². The van der Waals surface area contributed by atoms with Crippen molar-refractivity contribution in [2.45, 2.75) is 13.0 Å². The minimum absolute atomic E-state index is 0.0973. The molecule has 0 saturated heterocycles. The summed E-state index contributed by atoms with van der Waals surface area (Å²) in [7, 11) is 3.62. The highest BCUT2D eigenvalue weighted by molar-refractivity contribution is 5.24. The molecule has 1 N–H and O–H groups in total. The van der Waals surface area contributed by atoms with E-state index in [2.05, 4.69) is 36.5 Å².